The molecule has 0 unspecified atom stereocenters. The summed E-state index contributed by atoms with van der Waals surface area (Å²) in [7, 11) is 0. The Kier molecular flexibility index (Phi) is 2.33. The molecule has 1 N–H and O–H groups in total. The third kappa shape index (κ3) is 1.81. The predicted octanol–water partition coefficient (Wildman–Crippen LogP) is 2.47. The zero-order valence-electron chi connectivity index (χ0n) is 8.95. The van der Waals surface area contributed by atoms with Crippen LogP contribution in [0.3, 0.4) is 0 Å². The van der Waals surface area contributed by atoms with Gasteiger partial charge >= 0.3 is 0 Å². The van der Waals surface area contributed by atoms with Crippen LogP contribution in [0.25, 0.3) is 0 Å². The largest absolute Gasteiger partial charge is 0.352 e. The minimum atomic E-state index is -0.208. The number of ether oxygens (including phenoxy) is 1. The van der Waals surface area contributed by atoms with Crippen LogP contribution < -0.4 is 5.32 Å². The van der Waals surface area contributed by atoms with Crippen molar-refractivity contribution < 1.29 is 4.74 Å². The van der Waals surface area contributed by atoms with Crippen molar-refractivity contribution >= 4 is 0 Å². The maximum Gasteiger partial charge on any atom is 0.114 e. The van der Waals surface area contributed by atoms with E-state index in [-0.39, 0.29) is 11.8 Å². The van der Waals surface area contributed by atoms with E-state index in [0.717, 1.165) is 0 Å². The molecule has 76 valence electrons. The SMILES string of the molecule is C[C@H]1NC(C)(C)O[C@H]1c1ccccc1. The van der Waals surface area contributed by atoms with Gasteiger partial charge in [0.25, 0.3) is 0 Å². The molecule has 0 bridgehead atoms. The summed E-state index contributed by atoms with van der Waals surface area (Å²) in [5.74, 6) is 0. The van der Waals surface area contributed by atoms with E-state index in [4.69, 9.17) is 4.74 Å². The van der Waals surface area contributed by atoms with Crippen molar-refractivity contribution in [1.29, 1.82) is 0 Å². The minimum Gasteiger partial charge on any atom is -0.352 e. The summed E-state index contributed by atoms with van der Waals surface area (Å²) in [5, 5.41) is 3.42. The Morgan fingerprint density at radius 1 is 1.21 bits per heavy atom. The average Bonchev–Trinajstić information content (AvgIpc) is 2.41. The van der Waals surface area contributed by atoms with E-state index in [0.29, 0.717) is 6.04 Å². The fourth-order valence-corrected chi connectivity index (χ4v) is 2.08. The Balaban J connectivity index is 2.21. The molecular weight excluding hydrogens is 174 g/mol. The highest BCUT2D eigenvalue weighted by molar-refractivity contribution is 5.20. The lowest BCUT2D eigenvalue weighted by atomic mass is 10.0. The van der Waals surface area contributed by atoms with Crippen LogP contribution in [0.15, 0.2) is 30.3 Å². The molecule has 0 amide bonds. The second kappa shape index (κ2) is 3.37. The first kappa shape index (κ1) is 9.69. The van der Waals surface area contributed by atoms with Gasteiger partial charge in [-0.3, -0.25) is 5.32 Å². The van der Waals surface area contributed by atoms with Crippen molar-refractivity contribution in [2.75, 3.05) is 0 Å². The van der Waals surface area contributed by atoms with E-state index in [1.165, 1.54) is 5.56 Å². The Labute approximate surface area is 85.3 Å². The normalized spacial score (nSPS) is 30.5. The molecule has 1 aliphatic rings. The summed E-state index contributed by atoms with van der Waals surface area (Å²) in [6.45, 7) is 6.28. The molecule has 1 saturated heterocycles. The van der Waals surface area contributed by atoms with Crippen molar-refractivity contribution in [2.45, 2.75) is 38.6 Å². The van der Waals surface area contributed by atoms with Gasteiger partial charge < -0.3 is 4.74 Å². The molecule has 1 fully saturated rings. The lowest BCUT2D eigenvalue weighted by molar-refractivity contribution is -0.0259. The van der Waals surface area contributed by atoms with Crippen LogP contribution in [-0.2, 0) is 4.74 Å². The van der Waals surface area contributed by atoms with E-state index in [1.807, 2.05) is 6.07 Å². The van der Waals surface area contributed by atoms with Crippen LogP contribution in [0.1, 0.15) is 32.4 Å². The first-order chi connectivity index (χ1) is 6.58. The van der Waals surface area contributed by atoms with Crippen LogP contribution in [0.2, 0.25) is 0 Å². The fraction of sp³-hybridized carbons (Fsp3) is 0.500. The quantitative estimate of drug-likeness (QED) is 0.736. The minimum absolute atomic E-state index is 0.172. The van der Waals surface area contributed by atoms with Gasteiger partial charge in [0, 0.05) is 6.04 Å². The highest BCUT2D eigenvalue weighted by atomic mass is 16.5. The molecule has 14 heavy (non-hydrogen) atoms. The fourth-order valence-electron chi connectivity index (χ4n) is 2.08. The zero-order chi connectivity index (χ0) is 10.2. The molecule has 0 saturated carbocycles. The molecule has 0 spiro atoms. The van der Waals surface area contributed by atoms with E-state index < -0.39 is 0 Å². The van der Waals surface area contributed by atoms with Crippen molar-refractivity contribution in [2.24, 2.45) is 0 Å². The van der Waals surface area contributed by atoms with Gasteiger partial charge in [-0.1, -0.05) is 30.3 Å². The number of hydrogen-bond acceptors (Lipinski definition) is 2. The number of hydrogen-bond donors (Lipinski definition) is 1. The Morgan fingerprint density at radius 3 is 2.36 bits per heavy atom. The smallest absolute Gasteiger partial charge is 0.114 e. The second-order valence-corrected chi connectivity index (χ2v) is 4.39. The molecule has 0 aromatic heterocycles. The molecule has 0 aliphatic carbocycles. The maximum atomic E-state index is 5.94. The summed E-state index contributed by atoms with van der Waals surface area (Å²) in [6, 6.07) is 10.7. The van der Waals surface area contributed by atoms with Gasteiger partial charge in [-0.05, 0) is 26.3 Å². The van der Waals surface area contributed by atoms with Crippen molar-refractivity contribution in [3.8, 4) is 0 Å². The highest BCUT2D eigenvalue weighted by Crippen LogP contribution is 2.32. The summed E-state index contributed by atoms with van der Waals surface area (Å²) in [5.41, 5.74) is 1.04. The average molecular weight is 191 g/mol. The Morgan fingerprint density at radius 2 is 1.86 bits per heavy atom. The molecule has 1 aromatic rings. The predicted molar refractivity (Wildman–Crippen MR) is 56.9 cm³/mol. The van der Waals surface area contributed by atoms with Gasteiger partial charge in [-0.2, -0.15) is 0 Å². The zero-order valence-corrected chi connectivity index (χ0v) is 8.95. The Bertz CT molecular complexity index is 307. The van der Waals surface area contributed by atoms with Crippen LogP contribution in [0.4, 0.5) is 0 Å². The molecule has 1 heterocycles. The summed E-state index contributed by atoms with van der Waals surface area (Å²) >= 11 is 0. The molecule has 1 aliphatic heterocycles. The maximum absolute atomic E-state index is 5.94. The second-order valence-electron chi connectivity index (χ2n) is 4.39. The van der Waals surface area contributed by atoms with Crippen LogP contribution in [0.5, 0.6) is 0 Å². The number of benzene rings is 1. The topological polar surface area (TPSA) is 21.3 Å². The van der Waals surface area contributed by atoms with Gasteiger partial charge in [0.2, 0.25) is 0 Å². The third-order valence-corrected chi connectivity index (χ3v) is 2.58. The lowest BCUT2D eigenvalue weighted by Crippen LogP contribution is -2.36. The molecule has 2 nitrogen and oxygen atoms in total. The van der Waals surface area contributed by atoms with E-state index in [2.05, 4.69) is 50.4 Å². The lowest BCUT2D eigenvalue weighted by Gasteiger charge is -2.18. The monoisotopic (exact) mass is 191 g/mol. The van der Waals surface area contributed by atoms with Gasteiger partial charge in [0.15, 0.2) is 0 Å². The highest BCUT2D eigenvalue weighted by Gasteiger charge is 2.37. The van der Waals surface area contributed by atoms with Gasteiger partial charge in [-0.25, -0.2) is 0 Å². The summed E-state index contributed by atoms with van der Waals surface area (Å²) < 4.78 is 5.94. The van der Waals surface area contributed by atoms with Crippen molar-refractivity contribution in [3.63, 3.8) is 0 Å². The Hall–Kier alpha value is -0.860. The molecule has 1 aromatic carbocycles. The van der Waals surface area contributed by atoms with E-state index in [9.17, 15) is 0 Å². The van der Waals surface area contributed by atoms with Crippen LogP contribution in [-0.4, -0.2) is 11.8 Å². The number of nitrogens with one attached hydrogen (secondary N) is 1. The van der Waals surface area contributed by atoms with Gasteiger partial charge in [-0.15, -0.1) is 0 Å². The molecule has 0 radical (unpaired) electrons. The molecular formula is C12H17NO. The molecule has 2 atom stereocenters. The summed E-state index contributed by atoms with van der Waals surface area (Å²) in [4.78, 5) is 0. The van der Waals surface area contributed by atoms with Crippen molar-refractivity contribution in [1.82, 2.24) is 5.32 Å². The van der Waals surface area contributed by atoms with Crippen LogP contribution in [0, 0.1) is 0 Å². The molecule has 2 heteroatoms. The summed E-state index contributed by atoms with van der Waals surface area (Å²) in [6.07, 6.45) is 0.172. The first-order valence-electron chi connectivity index (χ1n) is 5.09. The van der Waals surface area contributed by atoms with Gasteiger partial charge in [0.1, 0.15) is 5.72 Å². The first-order valence-corrected chi connectivity index (χ1v) is 5.09. The van der Waals surface area contributed by atoms with Gasteiger partial charge in [0.05, 0.1) is 6.10 Å². The standard InChI is InChI=1S/C12H17NO/c1-9-11(14-12(2,3)13-9)10-7-5-4-6-8-10/h4-9,11,13H,1-3H3/t9-,11-/m1/s1. The van der Waals surface area contributed by atoms with Crippen LogP contribution >= 0.6 is 0 Å². The van der Waals surface area contributed by atoms with Crippen molar-refractivity contribution in [3.05, 3.63) is 35.9 Å². The molecule has 2 rings (SSSR count). The number of rotatable bonds is 1. The van der Waals surface area contributed by atoms with E-state index >= 15 is 0 Å². The third-order valence-electron chi connectivity index (χ3n) is 2.58. The van der Waals surface area contributed by atoms with E-state index in [1.54, 1.807) is 0 Å².